The maximum absolute atomic E-state index is 13.2. The second-order valence-corrected chi connectivity index (χ2v) is 6.49. The summed E-state index contributed by atoms with van der Waals surface area (Å²) in [5, 5.41) is 0. The van der Waals surface area contributed by atoms with Crippen molar-refractivity contribution in [3.63, 3.8) is 0 Å². The van der Waals surface area contributed by atoms with Crippen molar-refractivity contribution < 1.29 is 18.0 Å². The minimum Gasteiger partial charge on any atom is -0.338 e. The van der Waals surface area contributed by atoms with E-state index in [4.69, 9.17) is 5.73 Å². The molecule has 4 unspecified atom stereocenters. The Morgan fingerprint density at radius 3 is 2.38 bits per heavy atom. The fourth-order valence-corrected chi connectivity index (χ4v) is 3.81. The molecule has 2 aliphatic rings. The first-order valence-corrected chi connectivity index (χ1v) is 7.95. The highest BCUT2D eigenvalue weighted by atomic mass is 19.4. The van der Waals surface area contributed by atoms with E-state index in [1.54, 1.807) is 4.90 Å². The lowest BCUT2D eigenvalue weighted by molar-refractivity contribution is -0.201. The van der Waals surface area contributed by atoms with E-state index in [9.17, 15) is 18.0 Å². The minimum atomic E-state index is -4.28. The fourth-order valence-electron chi connectivity index (χ4n) is 3.81. The zero-order valence-corrected chi connectivity index (χ0v) is 12.5. The molecule has 122 valence electrons. The number of piperidine rings is 1. The third-order valence-corrected chi connectivity index (χ3v) is 4.94. The molecule has 1 saturated heterocycles. The molecule has 4 atom stereocenters. The third kappa shape index (κ3) is 3.71. The van der Waals surface area contributed by atoms with Gasteiger partial charge in [0.15, 0.2) is 0 Å². The Labute approximate surface area is 124 Å². The first kappa shape index (κ1) is 16.6. The van der Waals surface area contributed by atoms with Crippen molar-refractivity contribution in [2.24, 2.45) is 17.6 Å². The van der Waals surface area contributed by atoms with Crippen LogP contribution in [0.3, 0.4) is 0 Å². The van der Waals surface area contributed by atoms with Gasteiger partial charge >= 0.3 is 6.18 Å². The van der Waals surface area contributed by atoms with Gasteiger partial charge in [0.2, 0.25) is 5.91 Å². The van der Waals surface area contributed by atoms with Crippen LogP contribution in [-0.4, -0.2) is 35.6 Å². The molecule has 1 heterocycles. The van der Waals surface area contributed by atoms with Gasteiger partial charge in [-0.25, -0.2) is 0 Å². The molecular weight excluding hydrogens is 281 g/mol. The summed E-state index contributed by atoms with van der Waals surface area (Å²) in [5.41, 5.74) is 5.93. The number of hydrogen-bond donors (Lipinski definition) is 1. The normalized spacial score (nSPS) is 32.8. The molecule has 2 fully saturated rings. The van der Waals surface area contributed by atoms with Gasteiger partial charge in [0, 0.05) is 24.5 Å². The second-order valence-electron chi connectivity index (χ2n) is 6.49. The Balaban J connectivity index is 2.15. The van der Waals surface area contributed by atoms with Gasteiger partial charge in [-0.2, -0.15) is 13.2 Å². The van der Waals surface area contributed by atoms with Crippen molar-refractivity contribution in [1.29, 1.82) is 0 Å². The predicted octanol–water partition coefficient (Wildman–Crippen LogP) is 3.08. The molecule has 2 N–H and O–H groups in total. The van der Waals surface area contributed by atoms with E-state index in [0.717, 1.165) is 19.3 Å². The van der Waals surface area contributed by atoms with Crippen molar-refractivity contribution in [2.75, 3.05) is 6.54 Å². The monoisotopic (exact) mass is 306 g/mol. The van der Waals surface area contributed by atoms with E-state index < -0.39 is 18.0 Å². The maximum Gasteiger partial charge on any atom is 0.392 e. The van der Waals surface area contributed by atoms with Crippen LogP contribution in [-0.2, 0) is 4.79 Å². The number of carbonyl (C=O) groups is 1. The van der Waals surface area contributed by atoms with Crippen LogP contribution >= 0.6 is 0 Å². The number of amides is 1. The maximum atomic E-state index is 13.2. The van der Waals surface area contributed by atoms with Crippen LogP contribution in [0, 0.1) is 11.8 Å². The number of hydrogen-bond acceptors (Lipinski definition) is 2. The van der Waals surface area contributed by atoms with Crippen LogP contribution in [0.5, 0.6) is 0 Å². The Morgan fingerprint density at radius 2 is 1.76 bits per heavy atom. The van der Waals surface area contributed by atoms with Crippen molar-refractivity contribution in [1.82, 2.24) is 4.90 Å². The van der Waals surface area contributed by atoms with E-state index in [-0.39, 0.29) is 24.4 Å². The first-order chi connectivity index (χ1) is 9.82. The van der Waals surface area contributed by atoms with Gasteiger partial charge < -0.3 is 10.6 Å². The third-order valence-electron chi connectivity index (χ3n) is 4.94. The molecule has 21 heavy (non-hydrogen) atoms. The Kier molecular flexibility index (Phi) is 5.17. The Hall–Kier alpha value is -0.780. The average molecular weight is 306 g/mol. The predicted molar refractivity (Wildman–Crippen MR) is 74.5 cm³/mol. The highest BCUT2D eigenvalue weighted by Gasteiger charge is 2.49. The highest BCUT2D eigenvalue weighted by Crippen LogP contribution is 2.42. The largest absolute Gasteiger partial charge is 0.392 e. The first-order valence-electron chi connectivity index (χ1n) is 7.95. The summed E-state index contributed by atoms with van der Waals surface area (Å²) < 4.78 is 39.5. The molecule has 0 radical (unpaired) electrons. The average Bonchev–Trinajstić information content (AvgIpc) is 2.45. The van der Waals surface area contributed by atoms with Crippen LogP contribution in [0.4, 0.5) is 13.2 Å². The van der Waals surface area contributed by atoms with Crippen molar-refractivity contribution >= 4 is 5.91 Å². The second kappa shape index (κ2) is 6.55. The van der Waals surface area contributed by atoms with Crippen LogP contribution in [0.15, 0.2) is 0 Å². The van der Waals surface area contributed by atoms with Gasteiger partial charge in [-0.15, -0.1) is 0 Å². The standard InChI is InChI=1S/C15H25F3N2O/c1-10(19)13-8-4-5-9-20(13)14(21)11-6-2-3-7-12(11)15(16,17)18/h10-13H,2-9,19H2,1H3. The molecule has 6 heteroatoms. The number of nitrogens with zero attached hydrogens (tertiary/aromatic N) is 1. The SMILES string of the molecule is CC(N)C1CCCCN1C(=O)C1CCCCC1C(F)(F)F. The Morgan fingerprint density at radius 1 is 1.14 bits per heavy atom. The van der Waals surface area contributed by atoms with E-state index in [0.29, 0.717) is 25.8 Å². The number of halogens is 3. The van der Waals surface area contributed by atoms with Gasteiger partial charge in [-0.3, -0.25) is 4.79 Å². The summed E-state index contributed by atoms with van der Waals surface area (Å²) in [4.78, 5) is 14.3. The molecule has 1 aliphatic carbocycles. The summed E-state index contributed by atoms with van der Waals surface area (Å²) in [5.74, 6) is -2.70. The summed E-state index contributed by atoms with van der Waals surface area (Å²) in [6, 6.07) is -0.302. The number of likely N-dealkylation sites (tertiary alicyclic amines) is 1. The topological polar surface area (TPSA) is 46.3 Å². The fraction of sp³-hybridized carbons (Fsp3) is 0.933. The van der Waals surface area contributed by atoms with Gasteiger partial charge in [0.1, 0.15) is 0 Å². The lowest BCUT2D eigenvalue weighted by Gasteiger charge is -2.42. The molecule has 0 aromatic heterocycles. The van der Waals surface area contributed by atoms with E-state index >= 15 is 0 Å². The van der Waals surface area contributed by atoms with Crippen LogP contribution in [0.2, 0.25) is 0 Å². The summed E-state index contributed by atoms with van der Waals surface area (Å²) >= 11 is 0. The van der Waals surface area contributed by atoms with Gasteiger partial charge in [-0.1, -0.05) is 12.8 Å². The molecule has 3 nitrogen and oxygen atoms in total. The van der Waals surface area contributed by atoms with Gasteiger partial charge in [-0.05, 0) is 39.0 Å². The summed E-state index contributed by atoms with van der Waals surface area (Å²) in [7, 11) is 0. The molecule has 2 rings (SSSR count). The van der Waals surface area contributed by atoms with Crippen molar-refractivity contribution in [2.45, 2.75) is 70.1 Å². The lowest BCUT2D eigenvalue weighted by Crippen LogP contribution is -2.55. The molecule has 1 saturated carbocycles. The van der Waals surface area contributed by atoms with Crippen LogP contribution < -0.4 is 5.73 Å². The summed E-state index contributed by atoms with van der Waals surface area (Å²) in [6.07, 6.45) is 0.0704. The van der Waals surface area contributed by atoms with Gasteiger partial charge in [0.25, 0.3) is 0 Å². The van der Waals surface area contributed by atoms with E-state index in [1.165, 1.54) is 0 Å². The molecule has 0 bridgehead atoms. The molecule has 0 spiro atoms. The lowest BCUT2D eigenvalue weighted by atomic mass is 9.77. The van der Waals surface area contributed by atoms with Crippen LogP contribution in [0.1, 0.15) is 51.9 Å². The van der Waals surface area contributed by atoms with Crippen molar-refractivity contribution in [3.8, 4) is 0 Å². The molecule has 1 aliphatic heterocycles. The smallest absolute Gasteiger partial charge is 0.338 e. The highest BCUT2D eigenvalue weighted by molar-refractivity contribution is 5.80. The number of alkyl halides is 3. The quantitative estimate of drug-likeness (QED) is 0.852. The summed E-state index contributed by atoms with van der Waals surface area (Å²) in [6.45, 7) is 2.38. The number of carbonyl (C=O) groups excluding carboxylic acids is 1. The number of nitrogens with two attached hydrogens (primary N) is 1. The number of rotatable bonds is 2. The van der Waals surface area contributed by atoms with Crippen molar-refractivity contribution in [3.05, 3.63) is 0 Å². The van der Waals surface area contributed by atoms with Gasteiger partial charge in [0.05, 0.1) is 5.92 Å². The Bertz CT molecular complexity index is 370. The van der Waals surface area contributed by atoms with E-state index in [2.05, 4.69) is 0 Å². The minimum absolute atomic E-state index is 0.0800. The zero-order chi connectivity index (χ0) is 15.6. The molecule has 0 aromatic carbocycles. The van der Waals surface area contributed by atoms with E-state index in [1.807, 2.05) is 6.92 Å². The molecular formula is C15H25F3N2O. The zero-order valence-electron chi connectivity index (χ0n) is 12.5. The molecule has 1 amide bonds. The van der Waals surface area contributed by atoms with Crippen LogP contribution in [0.25, 0.3) is 0 Å². The molecule has 0 aromatic rings.